The third kappa shape index (κ3) is 0.878. The van der Waals surface area contributed by atoms with Crippen molar-refractivity contribution in [2.75, 3.05) is 0 Å². The maximum Gasteiger partial charge on any atom is 0.106 e. The number of hydrogen-bond donors (Lipinski definition) is 0. The number of halogens is 2. The van der Waals surface area contributed by atoms with Crippen LogP contribution in [0, 0.1) is 0 Å². The fraction of sp³-hybridized carbons (Fsp3) is 0.667. The Balaban J connectivity index is 2.15. The monoisotopic (exact) mass is 164 g/mol. The van der Waals surface area contributed by atoms with Gasteiger partial charge in [-0.15, -0.1) is 23.2 Å². The molecule has 1 saturated heterocycles. The fourth-order valence-corrected chi connectivity index (χ4v) is 1.65. The Morgan fingerprint density at radius 2 is 1.44 bits per heavy atom. The van der Waals surface area contributed by atoms with Gasteiger partial charge in [-0.25, -0.2) is 0 Å². The van der Waals surface area contributed by atoms with Crippen molar-refractivity contribution in [1.29, 1.82) is 0 Å². The Morgan fingerprint density at radius 1 is 1.00 bits per heavy atom. The molecule has 9 heavy (non-hydrogen) atoms. The lowest BCUT2D eigenvalue weighted by Crippen LogP contribution is -2.18. The molecule has 0 amide bonds. The van der Waals surface area contributed by atoms with E-state index in [1.807, 2.05) is 12.2 Å². The molecular formula is C6H6Cl2O. The van der Waals surface area contributed by atoms with E-state index in [4.69, 9.17) is 27.9 Å². The van der Waals surface area contributed by atoms with Gasteiger partial charge < -0.3 is 4.74 Å². The van der Waals surface area contributed by atoms with E-state index in [2.05, 4.69) is 0 Å². The number of alkyl halides is 2. The van der Waals surface area contributed by atoms with Gasteiger partial charge in [0.25, 0.3) is 0 Å². The number of rotatable bonds is 0. The Bertz CT molecular complexity index is 141. The first-order valence-electron chi connectivity index (χ1n) is 2.91. The minimum Gasteiger partial charge on any atom is -0.366 e. The molecule has 0 aromatic rings. The van der Waals surface area contributed by atoms with Gasteiger partial charge in [0.15, 0.2) is 0 Å². The van der Waals surface area contributed by atoms with Crippen LogP contribution in [-0.2, 0) is 4.74 Å². The molecule has 3 heteroatoms. The van der Waals surface area contributed by atoms with Crippen LogP contribution in [0.1, 0.15) is 0 Å². The summed E-state index contributed by atoms with van der Waals surface area (Å²) in [7, 11) is 0. The van der Waals surface area contributed by atoms with E-state index in [9.17, 15) is 0 Å². The molecule has 4 atom stereocenters. The molecule has 1 nitrogen and oxygen atoms in total. The second-order valence-electron chi connectivity index (χ2n) is 2.34. The number of fused-ring (bicyclic) bond motifs is 1. The molecule has 0 aromatic heterocycles. The second-order valence-corrected chi connectivity index (χ2v) is 3.35. The molecule has 0 aromatic carbocycles. The Hall–Kier alpha value is 0.280. The number of ether oxygens (including phenoxy) is 1. The third-order valence-electron chi connectivity index (χ3n) is 1.67. The maximum absolute atomic E-state index is 5.80. The van der Waals surface area contributed by atoms with Gasteiger partial charge in [-0.05, 0) is 0 Å². The molecule has 0 spiro atoms. The summed E-state index contributed by atoms with van der Waals surface area (Å²) in [6.07, 6.45) is 4.18. The van der Waals surface area contributed by atoms with Crippen molar-refractivity contribution in [2.24, 2.45) is 0 Å². The Morgan fingerprint density at radius 3 is 1.89 bits per heavy atom. The van der Waals surface area contributed by atoms with Crippen molar-refractivity contribution >= 4 is 23.2 Å². The van der Waals surface area contributed by atoms with Crippen LogP contribution in [0.5, 0.6) is 0 Å². The highest BCUT2D eigenvalue weighted by Crippen LogP contribution is 2.38. The summed E-state index contributed by atoms with van der Waals surface area (Å²) < 4.78 is 5.18. The van der Waals surface area contributed by atoms with Crippen molar-refractivity contribution in [3.63, 3.8) is 0 Å². The zero-order chi connectivity index (χ0) is 6.43. The molecule has 0 bridgehead atoms. The van der Waals surface area contributed by atoms with Crippen LogP contribution in [0.4, 0.5) is 0 Å². The molecule has 1 aliphatic heterocycles. The third-order valence-corrected chi connectivity index (χ3v) is 2.46. The van der Waals surface area contributed by atoms with Crippen LogP contribution < -0.4 is 0 Å². The minimum absolute atomic E-state index is 0.0463. The molecule has 50 valence electrons. The maximum atomic E-state index is 5.80. The van der Waals surface area contributed by atoms with Gasteiger partial charge in [0, 0.05) is 0 Å². The van der Waals surface area contributed by atoms with Gasteiger partial charge in [0.1, 0.15) is 12.2 Å². The first-order chi connectivity index (χ1) is 4.29. The van der Waals surface area contributed by atoms with Crippen molar-refractivity contribution < 1.29 is 4.74 Å². The normalized spacial score (nSPS) is 54.9. The lowest BCUT2D eigenvalue weighted by Gasteiger charge is -2.06. The van der Waals surface area contributed by atoms with Gasteiger partial charge in [-0.3, -0.25) is 0 Å². The van der Waals surface area contributed by atoms with Gasteiger partial charge >= 0.3 is 0 Å². The topological polar surface area (TPSA) is 12.5 Å². The molecule has 1 heterocycles. The van der Waals surface area contributed by atoms with Crippen molar-refractivity contribution in [2.45, 2.75) is 23.0 Å². The average molecular weight is 165 g/mol. The highest BCUT2D eigenvalue weighted by molar-refractivity contribution is 6.25. The Kier molecular flexibility index (Phi) is 1.26. The van der Waals surface area contributed by atoms with Gasteiger partial charge in [-0.2, -0.15) is 0 Å². The fourth-order valence-electron chi connectivity index (χ4n) is 1.08. The molecular weight excluding hydrogens is 159 g/mol. The van der Waals surface area contributed by atoms with Crippen LogP contribution in [-0.4, -0.2) is 23.0 Å². The van der Waals surface area contributed by atoms with E-state index < -0.39 is 0 Å². The molecule has 2 rings (SSSR count). The molecule has 0 saturated carbocycles. The summed E-state index contributed by atoms with van der Waals surface area (Å²) in [6.45, 7) is 0. The molecule has 2 aliphatic rings. The summed E-state index contributed by atoms with van der Waals surface area (Å²) in [6, 6.07) is 0. The van der Waals surface area contributed by atoms with E-state index in [-0.39, 0.29) is 23.0 Å². The highest BCUT2D eigenvalue weighted by Gasteiger charge is 2.49. The van der Waals surface area contributed by atoms with Crippen molar-refractivity contribution in [1.82, 2.24) is 0 Å². The molecule has 1 fully saturated rings. The highest BCUT2D eigenvalue weighted by atomic mass is 35.5. The molecule has 0 unspecified atom stereocenters. The summed E-state index contributed by atoms with van der Waals surface area (Å²) >= 11 is 11.6. The van der Waals surface area contributed by atoms with E-state index in [1.54, 1.807) is 0 Å². The van der Waals surface area contributed by atoms with E-state index in [0.29, 0.717) is 0 Å². The second kappa shape index (κ2) is 1.88. The first-order valence-corrected chi connectivity index (χ1v) is 3.78. The van der Waals surface area contributed by atoms with Gasteiger partial charge in [0.2, 0.25) is 0 Å². The molecule has 1 aliphatic carbocycles. The summed E-state index contributed by atoms with van der Waals surface area (Å²) in [5.41, 5.74) is 0. The predicted octanol–water partition coefficient (Wildman–Crippen LogP) is 1.54. The largest absolute Gasteiger partial charge is 0.366 e. The lowest BCUT2D eigenvalue weighted by atomic mass is 10.1. The molecule has 0 N–H and O–H groups in total. The standard InChI is InChI=1S/C6H6Cl2O/c7-3-1-2-4(8)6-5(3)9-6/h1-6H/t3-,4+,5+,6-. The van der Waals surface area contributed by atoms with Crippen LogP contribution >= 0.6 is 23.2 Å². The van der Waals surface area contributed by atoms with E-state index >= 15 is 0 Å². The number of hydrogen-bond acceptors (Lipinski definition) is 1. The van der Waals surface area contributed by atoms with Crippen LogP contribution in [0.25, 0.3) is 0 Å². The van der Waals surface area contributed by atoms with Gasteiger partial charge in [-0.1, -0.05) is 12.2 Å². The minimum atomic E-state index is 0.0463. The summed E-state index contributed by atoms with van der Waals surface area (Å²) in [4.78, 5) is 0. The summed E-state index contributed by atoms with van der Waals surface area (Å²) in [5, 5.41) is 0.0926. The first kappa shape index (κ1) is 6.02. The zero-order valence-electron chi connectivity index (χ0n) is 4.63. The number of epoxide rings is 1. The van der Waals surface area contributed by atoms with Gasteiger partial charge in [0.05, 0.1) is 10.8 Å². The molecule has 0 radical (unpaired) electrons. The lowest BCUT2D eigenvalue weighted by molar-refractivity contribution is 0.378. The zero-order valence-corrected chi connectivity index (χ0v) is 6.14. The van der Waals surface area contributed by atoms with Crippen LogP contribution in [0.3, 0.4) is 0 Å². The predicted molar refractivity (Wildman–Crippen MR) is 37.1 cm³/mol. The van der Waals surface area contributed by atoms with Crippen molar-refractivity contribution in [3.05, 3.63) is 12.2 Å². The SMILES string of the molecule is Cl[C@@H]1C=C[C@H](Cl)[C@H]2O[C@H]21. The quantitative estimate of drug-likeness (QED) is 0.301. The average Bonchev–Trinajstić information content (AvgIpc) is 2.57. The van der Waals surface area contributed by atoms with Crippen LogP contribution in [0.2, 0.25) is 0 Å². The van der Waals surface area contributed by atoms with Crippen molar-refractivity contribution in [3.8, 4) is 0 Å². The van der Waals surface area contributed by atoms with E-state index in [0.717, 1.165) is 0 Å². The Labute approximate surface area is 63.6 Å². The van der Waals surface area contributed by atoms with Crippen LogP contribution in [0.15, 0.2) is 12.2 Å². The smallest absolute Gasteiger partial charge is 0.106 e. The van der Waals surface area contributed by atoms with E-state index in [1.165, 1.54) is 0 Å². The summed E-state index contributed by atoms with van der Waals surface area (Å²) in [5.74, 6) is 0.